The molecule has 0 aromatic heterocycles. The second kappa shape index (κ2) is 8.85. The fourth-order valence-electron chi connectivity index (χ4n) is 2.44. The predicted octanol–water partition coefficient (Wildman–Crippen LogP) is 6.53. The Labute approximate surface area is 139 Å². The van der Waals surface area contributed by atoms with E-state index >= 15 is 0 Å². The molecule has 0 heterocycles. The van der Waals surface area contributed by atoms with Crippen LogP contribution in [0.2, 0.25) is 5.02 Å². The van der Waals surface area contributed by atoms with Crippen LogP contribution < -0.4 is 4.74 Å². The summed E-state index contributed by atoms with van der Waals surface area (Å²) < 4.78 is 5.78. The first-order valence-electron chi connectivity index (χ1n) is 8.26. The summed E-state index contributed by atoms with van der Waals surface area (Å²) in [5, 5.41) is 0.688. The Bertz CT molecular complexity index is 575. The summed E-state index contributed by atoms with van der Waals surface area (Å²) in [6.07, 6.45) is 5.88. The molecule has 0 saturated heterocycles. The topological polar surface area (TPSA) is 9.23 Å². The summed E-state index contributed by atoms with van der Waals surface area (Å²) in [5.74, 6) is 0.784. The molecule has 118 valence electrons. The Morgan fingerprint density at radius 1 is 0.864 bits per heavy atom. The van der Waals surface area contributed by atoms with Gasteiger partial charge in [-0.2, -0.15) is 0 Å². The van der Waals surface area contributed by atoms with Gasteiger partial charge in [-0.3, -0.25) is 0 Å². The zero-order valence-electron chi connectivity index (χ0n) is 13.6. The number of benzene rings is 2. The lowest BCUT2D eigenvalue weighted by atomic mass is 10.0. The molecule has 0 unspecified atom stereocenters. The maximum absolute atomic E-state index is 6.35. The molecular weight excluding hydrogens is 292 g/mol. The van der Waals surface area contributed by atoms with E-state index < -0.39 is 0 Å². The van der Waals surface area contributed by atoms with Gasteiger partial charge in [-0.1, -0.05) is 75.0 Å². The van der Waals surface area contributed by atoms with Crippen molar-refractivity contribution in [3.8, 4) is 16.9 Å². The molecule has 2 rings (SSSR count). The van der Waals surface area contributed by atoms with Gasteiger partial charge < -0.3 is 4.74 Å². The Hall–Kier alpha value is -1.47. The monoisotopic (exact) mass is 316 g/mol. The van der Waals surface area contributed by atoms with Crippen molar-refractivity contribution in [2.45, 2.75) is 46.0 Å². The highest BCUT2D eigenvalue weighted by Crippen LogP contribution is 2.30. The van der Waals surface area contributed by atoms with Gasteiger partial charge in [0, 0.05) is 0 Å². The lowest BCUT2D eigenvalue weighted by Gasteiger charge is -2.10. The minimum atomic E-state index is 0.688. The molecule has 0 N–H and O–H groups in total. The average molecular weight is 317 g/mol. The third kappa shape index (κ3) is 4.78. The van der Waals surface area contributed by atoms with Gasteiger partial charge in [0.15, 0.2) is 0 Å². The molecule has 0 aliphatic heterocycles. The average Bonchev–Trinajstić information content (AvgIpc) is 2.56. The maximum Gasteiger partial charge on any atom is 0.137 e. The maximum atomic E-state index is 6.35. The van der Waals surface area contributed by atoms with Crippen molar-refractivity contribution in [2.24, 2.45) is 0 Å². The van der Waals surface area contributed by atoms with E-state index in [1.807, 2.05) is 12.1 Å². The summed E-state index contributed by atoms with van der Waals surface area (Å²) in [4.78, 5) is 0. The minimum Gasteiger partial charge on any atom is -0.492 e. The lowest BCUT2D eigenvalue weighted by molar-refractivity contribution is 0.305. The molecule has 2 heteroatoms. The molecule has 0 fully saturated rings. The number of ether oxygens (including phenoxy) is 1. The molecule has 0 aliphatic carbocycles. The molecule has 0 amide bonds. The minimum absolute atomic E-state index is 0.688. The molecular formula is C20H25ClO. The van der Waals surface area contributed by atoms with Crippen LogP contribution in [0.4, 0.5) is 0 Å². The van der Waals surface area contributed by atoms with Crippen molar-refractivity contribution in [2.75, 3.05) is 6.61 Å². The fraction of sp³-hybridized carbons (Fsp3) is 0.400. The van der Waals surface area contributed by atoms with Gasteiger partial charge in [0.25, 0.3) is 0 Å². The van der Waals surface area contributed by atoms with Crippen LogP contribution in [0, 0.1) is 0 Å². The first kappa shape index (κ1) is 16.9. The summed E-state index contributed by atoms with van der Waals surface area (Å²) in [6, 6.07) is 14.7. The lowest BCUT2D eigenvalue weighted by Crippen LogP contribution is -1.97. The van der Waals surface area contributed by atoms with Crippen molar-refractivity contribution < 1.29 is 4.74 Å². The number of aryl methyl sites for hydroxylation is 1. The zero-order valence-corrected chi connectivity index (χ0v) is 14.3. The Morgan fingerprint density at radius 2 is 1.59 bits per heavy atom. The summed E-state index contributed by atoms with van der Waals surface area (Å²) >= 11 is 6.35. The van der Waals surface area contributed by atoms with Gasteiger partial charge in [-0.15, -0.1) is 0 Å². The Balaban J connectivity index is 1.99. The van der Waals surface area contributed by atoms with Gasteiger partial charge in [0.1, 0.15) is 5.75 Å². The van der Waals surface area contributed by atoms with Gasteiger partial charge >= 0.3 is 0 Å². The largest absolute Gasteiger partial charge is 0.492 e. The van der Waals surface area contributed by atoms with Crippen LogP contribution in [0.3, 0.4) is 0 Å². The van der Waals surface area contributed by atoms with Crippen molar-refractivity contribution in [1.82, 2.24) is 0 Å². The highest BCUT2D eigenvalue weighted by Gasteiger charge is 2.05. The number of unbranched alkanes of at least 4 members (excludes halogenated alkanes) is 3. The van der Waals surface area contributed by atoms with E-state index in [-0.39, 0.29) is 0 Å². The van der Waals surface area contributed by atoms with Gasteiger partial charge in [-0.25, -0.2) is 0 Å². The van der Waals surface area contributed by atoms with E-state index in [0.717, 1.165) is 30.8 Å². The van der Waals surface area contributed by atoms with E-state index in [4.69, 9.17) is 16.3 Å². The van der Waals surface area contributed by atoms with Crippen molar-refractivity contribution >= 4 is 11.6 Å². The highest BCUT2D eigenvalue weighted by molar-refractivity contribution is 6.32. The van der Waals surface area contributed by atoms with E-state index in [2.05, 4.69) is 44.2 Å². The van der Waals surface area contributed by atoms with Gasteiger partial charge in [-0.05, 0) is 41.7 Å². The first-order valence-corrected chi connectivity index (χ1v) is 8.64. The molecule has 0 atom stereocenters. The van der Waals surface area contributed by atoms with Crippen LogP contribution in [-0.2, 0) is 6.42 Å². The third-order valence-corrected chi connectivity index (χ3v) is 4.18. The van der Waals surface area contributed by atoms with Crippen LogP contribution in [0.25, 0.3) is 11.1 Å². The second-order valence-electron chi connectivity index (χ2n) is 5.60. The van der Waals surface area contributed by atoms with E-state index in [0.29, 0.717) is 5.02 Å². The standard InChI is InChI=1S/C20H25ClO/c1-3-5-6-7-14-22-20-13-12-18(15-19(20)21)17-10-8-16(4-2)9-11-17/h8-13,15H,3-7,14H2,1-2H3. The number of hydrogen-bond donors (Lipinski definition) is 0. The SMILES string of the molecule is CCCCCCOc1ccc(-c2ccc(CC)cc2)cc1Cl. The van der Waals surface area contributed by atoms with Gasteiger partial charge in [0.2, 0.25) is 0 Å². The summed E-state index contributed by atoms with van der Waals surface area (Å²) in [5.41, 5.74) is 3.67. The number of halogens is 1. The predicted molar refractivity (Wildman–Crippen MR) is 95.9 cm³/mol. The molecule has 1 nitrogen and oxygen atoms in total. The van der Waals surface area contributed by atoms with Crippen molar-refractivity contribution in [3.63, 3.8) is 0 Å². The first-order chi connectivity index (χ1) is 10.7. The van der Waals surface area contributed by atoms with Crippen LogP contribution >= 0.6 is 11.6 Å². The molecule has 2 aromatic carbocycles. The second-order valence-corrected chi connectivity index (χ2v) is 6.01. The molecule has 0 bridgehead atoms. The number of hydrogen-bond acceptors (Lipinski definition) is 1. The highest BCUT2D eigenvalue weighted by atomic mass is 35.5. The summed E-state index contributed by atoms with van der Waals surface area (Å²) in [7, 11) is 0. The molecule has 2 aromatic rings. The van der Waals surface area contributed by atoms with E-state index in [1.54, 1.807) is 0 Å². The molecule has 22 heavy (non-hydrogen) atoms. The smallest absolute Gasteiger partial charge is 0.137 e. The van der Waals surface area contributed by atoms with Crippen LogP contribution in [0.15, 0.2) is 42.5 Å². The normalized spacial score (nSPS) is 10.7. The van der Waals surface area contributed by atoms with Crippen molar-refractivity contribution in [3.05, 3.63) is 53.1 Å². The van der Waals surface area contributed by atoms with Crippen LogP contribution in [0.1, 0.15) is 45.1 Å². The molecule has 0 saturated carbocycles. The zero-order chi connectivity index (χ0) is 15.8. The molecule has 0 aliphatic rings. The van der Waals surface area contributed by atoms with Crippen LogP contribution in [0.5, 0.6) is 5.75 Å². The van der Waals surface area contributed by atoms with Crippen molar-refractivity contribution in [1.29, 1.82) is 0 Å². The Morgan fingerprint density at radius 3 is 2.23 bits per heavy atom. The quantitative estimate of drug-likeness (QED) is 0.503. The third-order valence-electron chi connectivity index (χ3n) is 3.88. The Kier molecular flexibility index (Phi) is 6.79. The number of rotatable bonds is 8. The van der Waals surface area contributed by atoms with E-state index in [1.165, 1.54) is 30.4 Å². The van der Waals surface area contributed by atoms with E-state index in [9.17, 15) is 0 Å². The van der Waals surface area contributed by atoms with Crippen LogP contribution in [-0.4, -0.2) is 6.61 Å². The fourth-order valence-corrected chi connectivity index (χ4v) is 2.68. The van der Waals surface area contributed by atoms with Gasteiger partial charge in [0.05, 0.1) is 11.6 Å². The molecule has 0 spiro atoms. The summed E-state index contributed by atoms with van der Waals surface area (Å²) in [6.45, 7) is 5.12. The molecule has 0 radical (unpaired) electrons.